The molecule has 3 rings (SSSR count). The number of hydrogen-bond acceptors (Lipinski definition) is 5. The smallest absolute Gasteiger partial charge is 0.233 e. The quantitative estimate of drug-likeness (QED) is 0.396. The maximum Gasteiger partial charge on any atom is 0.233 e. The van der Waals surface area contributed by atoms with Crippen molar-refractivity contribution in [3.05, 3.63) is 41.7 Å². The number of rotatable bonds is 13. The van der Waals surface area contributed by atoms with Gasteiger partial charge < -0.3 is 9.47 Å². The number of carbonyl (C=O) groups excluding carboxylic acids is 1. The first-order chi connectivity index (χ1) is 15.5. The lowest BCUT2D eigenvalue weighted by atomic mass is 10.1. The summed E-state index contributed by atoms with van der Waals surface area (Å²) in [5, 5.41) is 9.92. The molecular formula is C25H39N5OS. The van der Waals surface area contributed by atoms with E-state index < -0.39 is 0 Å². The van der Waals surface area contributed by atoms with Crippen LogP contribution in [0.5, 0.6) is 0 Å². The van der Waals surface area contributed by atoms with Crippen LogP contribution in [0, 0.1) is 5.92 Å². The lowest BCUT2D eigenvalue weighted by molar-refractivity contribution is -0.131. The molecule has 0 radical (unpaired) electrons. The van der Waals surface area contributed by atoms with Crippen LogP contribution in [0.4, 0.5) is 0 Å². The number of benzene rings is 1. The van der Waals surface area contributed by atoms with Gasteiger partial charge in [0.05, 0.1) is 11.8 Å². The molecule has 1 saturated carbocycles. The number of hydrogen-bond donors (Lipinski definition) is 0. The molecule has 2 aromatic rings. The SMILES string of the molecule is CCCCn1c(SCC(=O)N(Cc2ccccc2)C(C)C2CC2)nnc1C(CC)N(C)C. The summed E-state index contributed by atoms with van der Waals surface area (Å²) in [5.74, 6) is 2.23. The van der Waals surface area contributed by atoms with E-state index in [0.29, 0.717) is 18.2 Å². The van der Waals surface area contributed by atoms with Gasteiger partial charge in [-0.3, -0.25) is 9.69 Å². The Morgan fingerprint density at radius 3 is 2.50 bits per heavy atom. The Morgan fingerprint density at radius 2 is 1.91 bits per heavy atom. The van der Waals surface area contributed by atoms with Gasteiger partial charge >= 0.3 is 0 Å². The van der Waals surface area contributed by atoms with Crippen molar-refractivity contribution >= 4 is 17.7 Å². The van der Waals surface area contributed by atoms with E-state index in [2.05, 4.69) is 71.6 Å². The first-order valence-electron chi connectivity index (χ1n) is 12.0. The second-order valence-electron chi connectivity index (χ2n) is 9.11. The highest BCUT2D eigenvalue weighted by molar-refractivity contribution is 7.99. The fraction of sp³-hybridized carbons (Fsp3) is 0.640. The Morgan fingerprint density at radius 1 is 1.19 bits per heavy atom. The number of thioether (sulfide) groups is 1. The molecule has 1 aromatic heterocycles. The van der Waals surface area contributed by atoms with Gasteiger partial charge in [0, 0.05) is 19.1 Å². The standard InChI is InChI=1S/C25H39N5OS/c1-6-8-16-29-24(22(7-2)28(4)5)26-27-25(29)32-18-23(31)30(19(3)21-14-15-21)17-20-12-10-9-11-13-20/h9-13,19,21-22H,6-8,14-18H2,1-5H3. The molecule has 0 bridgehead atoms. The predicted octanol–water partition coefficient (Wildman–Crippen LogP) is 5.01. The van der Waals surface area contributed by atoms with Gasteiger partial charge in [-0.2, -0.15) is 0 Å². The van der Waals surface area contributed by atoms with E-state index >= 15 is 0 Å². The van der Waals surface area contributed by atoms with Crippen molar-refractivity contribution in [2.24, 2.45) is 5.92 Å². The zero-order valence-corrected chi connectivity index (χ0v) is 21.1. The maximum absolute atomic E-state index is 13.4. The second kappa shape index (κ2) is 11.8. The van der Waals surface area contributed by atoms with E-state index in [9.17, 15) is 4.79 Å². The first kappa shape index (κ1) is 24.8. The molecule has 1 fully saturated rings. The predicted molar refractivity (Wildman–Crippen MR) is 132 cm³/mol. The summed E-state index contributed by atoms with van der Waals surface area (Å²) >= 11 is 1.53. The number of nitrogens with zero attached hydrogens (tertiary/aromatic N) is 5. The van der Waals surface area contributed by atoms with Crippen LogP contribution < -0.4 is 0 Å². The summed E-state index contributed by atoms with van der Waals surface area (Å²) in [7, 11) is 4.17. The van der Waals surface area contributed by atoms with Gasteiger partial charge in [-0.15, -0.1) is 10.2 Å². The normalized spacial score (nSPS) is 15.7. The van der Waals surface area contributed by atoms with Gasteiger partial charge in [0.15, 0.2) is 11.0 Å². The van der Waals surface area contributed by atoms with E-state index in [0.717, 1.165) is 36.8 Å². The second-order valence-corrected chi connectivity index (χ2v) is 10.1. The van der Waals surface area contributed by atoms with Crippen molar-refractivity contribution in [2.45, 2.75) is 83.2 Å². The molecule has 6 nitrogen and oxygen atoms in total. The van der Waals surface area contributed by atoms with Crippen LogP contribution in [-0.4, -0.2) is 56.4 Å². The van der Waals surface area contributed by atoms with Gasteiger partial charge in [-0.05, 0) is 58.2 Å². The third kappa shape index (κ3) is 6.35. The molecule has 2 unspecified atom stereocenters. The lowest BCUT2D eigenvalue weighted by Crippen LogP contribution is -2.40. The molecule has 0 aliphatic heterocycles. The molecule has 1 aliphatic carbocycles. The molecule has 0 spiro atoms. The van der Waals surface area contributed by atoms with Crippen LogP contribution in [0.15, 0.2) is 35.5 Å². The highest BCUT2D eigenvalue weighted by Crippen LogP contribution is 2.36. The Bertz CT molecular complexity index is 849. The molecule has 176 valence electrons. The third-order valence-electron chi connectivity index (χ3n) is 6.43. The molecule has 0 N–H and O–H groups in total. The molecule has 1 aliphatic rings. The first-order valence-corrected chi connectivity index (χ1v) is 13.0. The highest BCUT2D eigenvalue weighted by atomic mass is 32.2. The summed E-state index contributed by atoms with van der Waals surface area (Å²) in [6.07, 6.45) is 5.62. The fourth-order valence-corrected chi connectivity index (χ4v) is 5.10. The van der Waals surface area contributed by atoms with Gasteiger partial charge in [0.1, 0.15) is 0 Å². The summed E-state index contributed by atoms with van der Waals surface area (Å²) in [5.41, 5.74) is 1.18. The van der Waals surface area contributed by atoms with Crippen molar-refractivity contribution in [3.8, 4) is 0 Å². The van der Waals surface area contributed by atoms with Gasteiger partial charge in [0.2, 0.25) is 5.91 Å². The summed E-state index contributed by atoms with van der Waals surface area (Å²) in [6, 6.07) is 10.8. The van der Waals surface area contributed by atoms with E-state index in [-0.39, 0.29) is 18.0 Å². The van der Waals surface area contributed by atoms with E-state index in [4.69, 9.17) is 0 Å². The number of aromatic nitrogens is 3. The van der Waals surface area contributed by atoms with Crippen LogP contribution >= 0.6 is 11.8 Å². The molecular weight excluding hydrogens is 418 g/mol. The molecule has 32 heavy (non-hydrogen) atoms. The third-order valence-corrected chi connectivity index (χ3v) is 7.38. The van der Waals surface area contributed by atoms with Crippen molar-refractivity contribution in [2.75, 3.05) is 19.8 Å². The minimum absolute atomic E-state index is 0.185. The van der Waals surface area contributed by atoms with Crippen molar-refractivity contribution in [3.63, 3.8) is 0 Å². The molecule has 1 heterocycles. The topological polar surface area (TPSA) is 54.3 Å². The monoisotopic (exact) mass is 457 g/mol. The molecule has 1 aromatic carbocycles. The minimum atomic E-state index is 0.185. The molecule has 7 heteroatoms. The van der Waals surface area contributed by atoms with Crippen molar-refractivity contribution in [1.29, 1.82) is 0 Å². The van der Waals surface area contributed by atoms with Crippen LogP contribution in [0.1, 0.15) is 70.3 Å². The van der Waals surface area contributed by atoms with E-state index in [1.165, 1.54) is 30.2 Å². The largest absolute Gasteiger partial charge is 0.335 e. The fourth-order valence-electron chi connectivity index (χ4n) is 4.24. The van der Waals surface area contributed by atoms with Crippen LogP contribution in [-0.2, 0) is 17.9 Å². The summed E-state index contributed by atoms with van der Waals surface area (Å²) in [4.78, 5) is 17.6. The Hall–Kier alpha value is -1.86. The molecule has 2 atom stereocenters. The highest BCUT2D eigenvalue weighted by Gasteiger charge is 2.34. The number of carbonyl (C=O) groups is 1. The average Bonchev–Trinajstić information content (AvgIpc) is 3.57. The van der Waals surface area contributed by atoms with Crippen LogP contribution in [0.25, 0.3) is 0 Å². The van der Waals surface area contributed by atoms with Gasteiger partial charge in [-0.25, -0.2) is 0 Å². The van der Waals surface area contributed by atoms with Gasteiger partial charge in [0.25, 0.3) is 0 Å². The molecule has 1 amide bonds. The number of amides is 1. The van der Waals surface area contributed by atoms with Crippen LogP contribution in [0.3, 0.4) is 0 Å². The molecule has 0 saturated heterocycles. The van der Waals surface area contributed by atoms with Crippen molar-refractivity contribution < 1.29 is 4.79 Å². The Balaban J connectivity index is 1.74. The van der Waals surface area contributed by atoms with Crippen LogP contribution in [0.2, 0.25) is 0 Å². The van der Waals surface area contributed by atoms with E-state index in [1.54, 1.807) is 0 Å². The van der Waals surface area contributed by atoms with E-state index in [1.807, 2.05) is 18.2 Å². The Kier molecular flexibility index (Phi) is 9.17. The van der Waals surface area contributed by atoms with Crippen molar-refractivity contribution in [1.82, 2.24) is 24.6 Å². The number of unbranched alkanes of at least 4 members (excludes halogenated alkanes) is 1. The zero-order valence-electron chi connectivity index (χ0n) is 20.3. The summed E-state index contributed by atoms with van der Waals surface area (Å²) in [6.45, 7) is 8.15. The zero-order chi connectivity index (χ0) is 23.1. The van der Waals surface area contributed by atoms with Gasteiger partial charge in [-0.1, -0.05) is 62.4 Å². The lowest BCUT2D eigenvalue weighted by Gasteiger charge is -2.29. The average molecular weight is 458 g/mol. The minimum Gasteiger partial charge on any atom is -0.335 e. The summed E-state index contributed by atoms with van der Waals surface area (Å²) < 4.78 is 2.24. The maximum atomic E-state index is 13.4. The Labute approximate surface area is 197 Å².